The molecular formula is C13H13Cl2N3. The van der Waals surface area contributed by atoms with Crippen LogP contribution in [0, 0.1) is 0 Å². The first-order valence-corrected chi connectivity index (χ1v) is 6.30. The predicted molar refractivity (Wildman–Crippen MR) is 73.7 cm³/mol. The van der Waals surface area contributed by atoms with Gasteiger partial charge in [0.15, 0.2) is 0 Å². The summed E-state index contributed by atoms with van der Waals surface area (Å²) in [6, 6.07) is 9.53. The summed E-state index contributed by atoms with van der Waals surface area (Å²) in [6.45, 7) is 1.47. The fraction of sp³-hybridized carbons (Fsp3) is 0.231. The Labute approximate surface area is 116 Å². The van der Waals surface area contributed by atoms with Crippen molar-refractivity contribution in [2.24, 2.45) is 0 Å². The van der Waals surface area contributed by atoms with Gasteiger partial charge in [0.05, 0.1) is 5.69 Å². The molecule has 0 spiro atoms. The van der Waals surface area contributed by atoms with E-state index in [1.807, 2.05) is 31.3 Å². The molecule has 2 aromatic heterocycles. The average Bonchev–Trinajstić information content (AvgIpc) is 2.34. The van der Waals surface area contributed by atoms with Crippen molar-refractivity contribution in [3.63, 3.8) is 0 Å². The molecule has 0 unspecified atom stereocenters. The summed E-state index contributed by atoms with van der Waals surface area (Å²) in [5.41, 5.74) is 1.98. The molecule has 0 aliphatic heterocycles. The van der Waals surface area contributed by atoms with Gasteiger partial charge in [-0.3, -0.25) is 9.88 Å². The molecule has 2 aromatic rings. The monoisotopic (exact) mass is 281 g/mol. The van der Waals surface area contributed by atoms with Gasteiger partial charge in [0, 0.05) is 24.8 Å². The molecule has 3 nitrogen and oxygen atoms in total. The van der Waals surface area contributed by atoms with Gasteiger partial charge in [-0.2, -0.15) is 0 Å². The fourth-order valence-corrected chi connectivity index (χ4v) is 2.08. The standard InChI is InChI=1S/C13H13Cl2N3/c1-18(9-11-4-2-3-7-16-11)8-10-5-6-12(14)17-13(10)15/h2-7H,8-9H2,1H3. The molecule has 0 saturated carbocycles. The molecular weight excluding hydrogens is 269 g/mol. The highest BCUT2D eigenvalue weighted by Gasteiger charge is 2.07. The van der Waals surface area contributed by atoms with Crippen LogP contribution in [0.1, 0.15) is 11.3 Å². The topological polar surface area (TPSA) is 29.0 Å². The molecule has 0 radical (unpaired) electrons. The van der Waals surface area contributed by atoms with E-state index in [-0.39, 0.29) is 0 Å². The van der Waals surface area contributed by atoms with Crippen molar-refractivity contribution in [3.05, 3.63) is 58.1 Å². The highest BCUT2D eigenvalue weighted by molar-refractivity contribution is 6.32. The molecule has 0 N–H and O–H groups in total. The van der Waals surface area contributed by atoms with E-state index in [1.54, 1.807) is 12.3 Å². The molecule has 2 rings (SSSR count). The van der Waals surface area contributed by atoms with Crippen molar-refractivity contribution in [2.75, 3.05) is 7.05 Å². The lowest BCUT2D eigenvalue weighted by atomic mass is 10.2. The minimum Gasteiger partial charge on any atom is -0.296 e. The Morgan fingerprint density at radius 2 is 1.94 bits per heavy atom. The molecule has 0 atom stereocenters. The van der Waals surface area contributed by atoms with Crippen molar-refractivity contribution in [1.82, 2.24) is 14.9 Å². The van der Waals surface area contributed by atoms with E-state index < -0.39 is 0 Å². The summed E-state index contributed by atoms with van der Waals surface area (Å²) in [6.07, 6.45) is 1.79. The summed E-state index contributed by atoms with van der Waals surface area (Å²) in [5, 5.41) is 0.867. The Hall–Kier alpha value is -1.16. The first kappa shape index (κ1) is 13.3. The third kappa shape index (κ3) is 3.67. The van der Waals surface area contributed by atoms with Crippen LogP contribution in [0.15, 0.2) is 36.5 Å². The lowest BCUT2D eigenvalue weighted by molar-refractivity contribution is 0.315. The highest BCUT2D eigenvalue weighted by Crippen LogP contribution is 2.18. The van der Waals surface area contributed by atoms with Crippen LogP contribution in [0.3, 0.4) is 0 Å². The van der Waals surface area contributed by atoms with Gasteiger partial charge in [-0.25, -0.2) is 4.98 Å². The van der Waals surface area contributed by atoms with E-state index in [9.17, 15) is 0 Å². The Balaban J connectivity index is 2.01. The van der Waals surface area contributed by atoms with Crippen molar-refractivity contribution in [3.8, 4) is 0 Å². The van der Waals surface area contributed by atoms with Gasteiger partial charge in [0.2, 0.25) is 0 Å². The number of hydrogen-bond donors (Lipinski definition) is 0. The maximum atomic E-state index is 6.04. The molecule has 0 aromatic carbocycles. The minimum absolute atomic E-state index is 0.413. The predicted octanol–water partition coefficient (Wildman–Crippen LogP) is 3.42. The number of aromatic nitrogens is 2. The molecule has 0 fully saturated rings. The Bertz CT molecular complexity index is 517. The van der Waals surface area contributed by atoms with Gasteiger partial charge in [0.1, 0.15) is 10.3 Å². The van der Waals surface area contributed by atoms with Crippen LogP contribution < -0.4 is 0 Å². The van der Waals surface area contributed by atoms with Crippen molar-refractivity contribution >= 4 is 23.2 Å². The molecule has 94 valence electrons. The lowest BCUT2D eigenvalue weighted by Gasteiger charge is -2.16. The van der Waals surface area contributed by atoms with E-state index in [0.717, 1.165) is 17.8 Å². The normalized spacial score (nSPS) is 10.9. The molecule has 0 saturated heterocycles. The summed E-state index contributed by atoms with van der Waals surface area (Å²) in [7, 11) is 2.01. The van der Waals surface area contributed by atoms with E-state index in [0.29, 0.717) is 16.9 Å². The van der Waals surface area contributed by atoms with Crippen molar-refractivity contribution in [1.29, 1.82) is 0 Å². The minimum atomic E-state index is 0.413. The Morgan fingerprint density at radius 1 is 1.11 bits per heavy atom. The van der Waals surface area contributed by atoms with Crippen LogP contribution in [-0.2, 0) is 13.1 Å². The van der Waals surface area contributed by atoms with Crippen molar-refractivity contribution < 1.29 is 0 Å². The molecule has 0 bridgehead atoms. The van der Waals surface area contributed by atoms with Gasteiger partial charge in [-0.05, 0) is 25.2 Å². The smallest absolute Gasteiger partial charge is 0.135 e. The van der Waals surface area contributed by atoms with E-state index >= 15 is 0 Å². The largest absolute Gasteiger partial charge is 0.296 e. The van der Waals surface area contributed by atoms with Gasteiger partial charge in [-0.1, -0.05) is 35.3 Å². The number of hydrogen-bond acceptors (Lipinski definition) is 3. The quantitative estimate of drug-likeness (QED) is 0.805. The SMILES string of the molecule is CN(Cc1ccccn1)Cc1ccc(Cl)nc1Cl. The maximum Gasteiger partial charge on any atom is 0.135 e. The van der Waals surface area contributed by atoms with Crippen LogP contribution in [0.4, 0.5) is 0 Å². The van der Waals surface area contributed by atoms with Crippen LogP contribution in [-0.4, -0.2) is 21.9 Å². The van der Waals surface area contributed by atoms with Gasteiger partial charge < -0.3 is 0 Å². The molecule has 0 aliphatic carbocycles. The van der Waals surface area contributed by atoms with E-state index in [1.165, 1.54) is 0 Å². The molecule has 2 heterocycles. The summed E-state index contributed by atoms with van der Waals surface area (Å²) in [5.74, 6) is 0. The first-order valence-electron chi connectivity index (χ1n) is 5.54. The molecule has 5 heteroatoms. The first-order chi connectivity index (χ1) is 8.65. The van der Waals surface area contributed by atoms with Crippen molar-refractivity contribution in [2.45, 2.75) is 13.1 Å². The zero-order valence-electron chi connectivity index (χ0n) is 9.98. The summed E-state index contributed by atoms with van der Waals surface area (Å²) < 4.78 is 0. The maximum absolute atomic E-state index is 6.04. The third-order valence-corrected chi connectivity index (χ3v) is 3.03. The van der Waals surface area contributed by atoms with Gasteiger partial charge in [0.25, 0.3) is 0 Å². The van der Waals surface area contributed by atoms with Crippen LogP contribution >= 0.6 is 23.2 Å². The molecule has 0 amide bonds. The summed E-state index contributed by atoms with van der Waals surface area (Å²) >= 11 is 11.8. The van der Waals surface area contributed by atoms with Gasteiger partial charge in [-0.15, -0.1) is 0 Å². The Morgan fingerprint density at radius 3 is 2.61 bits per heavy atom. The molecule has 0 aliphatic rings. The zero-order chi connectivity index (χ0) is 13.0. The number of halogens is 2. The average molecular weight is 282 g/mol. The Kier molecular flexibility index (Phi) is 4.53. The number of nitrogens with zero attached hydrogens (tertiary/aromatic N) is 3. The van der Waals surface area contributed by atoms with Crippen LogP contribution in [0.5, 0.6) is 0 Å². The number of rotatable bonds is 4. The highest BCUT2D eigenvalue weighted by atomic mass is 35.5. The second kappa shape index (κ2) is 6.14. The van der Waals surface area contributed by atoms with Crippen LogP contribution in [0.2, 0.25) is 10.3 Å². The lowest BCUT2D eigenvalue weighted by Crippen LogP contribution is -2.18. The van der Waals surface area contributed by atoms with E-state index in [4.69, 9.17) is 23.2 Å². The zero-order valence-corrected chi connectivity index (χ0v) is 11.5. The fourth-order valence-electron chi connectivity index (χ4n) is 1.67. The van der Waals surface area contributed by atoms with Crippen LogP contribution in [0.25, 0.3) is 0 Å². The second-order valence-corrected chi connectivity index (χ2v) is 4.82. The summed E-state index contributed by atoms with van der Waals surface area (Å²) in [4.78, 5) is 10.4. The molecule has 18 heavy (non-hydrogen) atoms. The van der Waals surface area contributed by atoms with E-state index in [2.05, 4.69) is 14.9 Å². The van der Waals surface area contributed by atoms with Gasteiger partial charge >= 0.3 is 0 Å². The number of pyridine rings is 2. The third-order valence-electron chi connectivity index (χ3n) is 2.49. The second-order valence-electron chi connectivity index (χ2n) is 4.08.